The first-order valence-electron chi connectivity index (χ1n) is 18.0. The Hall–Kier alpha value is -9.61. The summed E-state index contributed by atoms with van der Waals surface area (Å²) in [7, 11) is 0. The fourth-order valence-corrected chi connectivity index (χ4v) is 5.35. The molecule has 2 aromatic carbocycles. The maximum Gasteiger partial charge on any atom is 0.301 e. The van der Waals surface area contributed by atoms with Gasteiger partial charge in [0.1, 0.15) is 6.04 Å². The summed E-state index contributed by atoms with van der Waals surface area (Å²) in [6, 6.07) is 7.95. The van der Waals surface area contributed by atoms with Crippen molar-refractivity contribution in [3.8, 4) is 6.07 Å². The van der Waals surface area contributed by atoms with Crippen LogP contribution in [0.25, 0.3) is 0 Å². The van der Waals surface area contributed by atoms with Crippen LogP contribution in [0.2, 0.25) is 0 Å². The van der Waals surface area contributed by atoms with E-state index in [0.29, 0.717) is 17.0 Å². The summed E-state index contributed by atoms with van der Waals surface area (Å²) in [5.74, 6) is -12.0. The van der Waals surface area contributed by atoms with Crippen molar-refractivity contribution >= 4 is 76.3 Å². The lowest BCUT2D eigenvalue weighted by atomic mass is 10.1. The third-order valence-corrected chi connectivity index (χ3v) is 7.97. The van der Waals surface area contributed by atoms with Gasteiger partial charge in [-0.2, -0.15) is 5.26 Å². The van der Waals surface area contributed by atoms with Gasteiger partial charge in [0, 0.05) is 18.7 Å². The highest BCUT2D eigenvalue weighted by molar-refractivity contribution is 6.00. The second-order valence-electron chi connectivity index (χ2n) is 12.8. The predicted molar refractivity (Wildman–Crippen MR) is 223 cm³/mol. The van der Waals surface area contributed by atoms with Gasteiger partial charge in [-0.3, -0.25) is 70.6 Å². The summed E-state index contributed by atoms with van der Waals surface area (Å²) in [6.45, 7) is 1.07. The molecule has 0 spiro atoms. The van der Waals surface area contributed by atoms with Gasteiger partial charge in [-0.25, -0.2) is 0 Å². The molecule has 6 unspecified atom stereocenters. The lowest BCUT2D eigenvalue weighted by Crippen LogP contribution is -2.68. The first-order valence-corrected chi connectivity index (χ1v) is 18.0. The number of nitro benzene ring substituents is 2. The lowest BCUT2D eigenvalue weighted by molar-refractivity contribution is -0.392. The van der Waals surface area contributed by atoms with E-state index in [-0.39, 0.29) is 12.0 Å². The number of anilines is 1. The van der Waals surface area contributed by atoms with Crippen molar-refractivity contribution in [1.82, 2.24) is 47.9 Å². The second-order valence-corrected chi connectivity index (χ2v) is 12.8. The van der Waals surface area contributed by atoms with E-state index in [1.165, 1.54) is 37.3 Å². The minimum Gasteiger partial charge on any atom is -0.370 e. The molecule has 0 radical (unpaired) electrons. The molecule has 348 valence electrons. The highest BCUT2D eigenvalue weighted by atomic mass is 16.6. The van der Waals surface area contributed by atoms with E-state index in [9.17, 15) is 59.4 Å². The Labute approximate surface area is 364 Å². The van der Waals surface area contributed by atoms with E-state index in [2.05, 4.69) is 16.0 Å². The van der Waals surface area contributed by atoms with E-state index in [4.69, 9.17) is 50.3 Å². The molecule has 0 heterocycles. The maximum absolute atomic E-state index is 14.0. The second kappa shape index (κ2) is 23.4. The van der Waals surface area contributed by atoms with Crippen LogP contribution in [0.4, 0.5) is 17.1 Å². The van der Waals surface area contributed by atoms with Crippen molar-refractivity contribution in [1.29, 1.82) is 26.9 Å². The average molecular weight is 913 g/mol. The van der Waals surface area contributed by atoms with Crippen molar-refractivity contribution in [2.24, 2.45) is 28.7 Å². The number of nitriles is 1. The smallest absolute Gasteiger partial charge is 0.301 e. The van der Waals surface area contributed by atoms with Gasteiger partial charge in [0.25, 0.3) is 29.5 Å². The zero-order valence-electron chi connectivity index (χ0n) is 33.6. The largest absolute Gasteiger partial charge is 0.370 e. The number of rotatable bonds is 22. The molecule has 0 bridgehead atoms. The number of hydrogen-bond acceptors (Lipinski definition) is 17. The fraction of sp³-hybridized carbons (Fsp3) is 0.281. The van der Waals surface area contributed by atoms with Crippen LogP contribution in [0.15, 0.2) is 42.5 Å². The SMILES string of the molecule is CCCN(c1c([N+](=O)[O-])cc(C#N)cc1[N+](=O)[O-])C(O)C(=O)NC(C(=O)NC(NC(=N)N)C(=O)NC(NC(=N)N)C(=O)NC(NC(=N)N)C(=O)NC(NC(=N)N)C(N)=O)c1ccccc1. The number of nitrogens with zero attached hydrogens (tertiary/aromatic N) is 4. The number of aliphatic hydroxyl groups is 1. The van der Waals surface area contributed by atoms with Gasteiger partial charge in [-0.05, 0) is 12.0 Å². The number of primary amides is 1. The van der Waals surface area contributed by atoms with Gasteiger partial charge in [0.15, 0.2) is 54.2 Å². The molecule has 6 amide bonds. The summed E-state index contributed by atoms with van der Waals surface area (Å²) >= 11 is 0. The molecule has 2 rings (SSSR count). The van der Waals surface area contributed by atoms with Gasteiger partial charge < -0.3 is 86.5 Å². The molecule has 2 aromatic rings. The summed E-state index contributed by atoms with van der Waals surface area (Å²) in [6.07, 6.45) is -10.7. The molecule has 0 aliphatic carbocycles. The molecule has 0 fully saturated rings. The van der Waals surface area contributed by atoms with Crippen LogP contribution in [0.1, 0.15) is 30.5 Å². The van der Waals surface area contributed by atoms with E-state index in [1.54, 1.807) is 6.07 Å². The van der Waals surface area contributed by atoms with Crippen molar-refractivity contribution in [3.63, 3.8) is 0 Å². The Bertz CT molecular complexity index is 2240. The molecule has 6 atom stereocenters. The van der Waals surface area contributed by atoms with Crippen molar-refractivity contribution in [3.05, 3.63) is 73.8 Å². The van der Waals surface area contributed by atoms with Gasteiger partial charge >= 0.3 is 11.4 Å². The summed E-state index contributed by atoms with van der Waals surface area (Å²) in [5.41, 5.74) is 23.1. The number of nitrogens with one attached hydrogen (secondary N) is 13. The number of nitrogens with two attached hydrogens (primary N) is 5. The molecule has 24 N–H and O–H groups in total. The quantitative estimate of drug-likeness (QED) is 0.0172. The Morgan fingerprint density at radius 2 is 1.05 bits per heavy atom. The predicted octanol–water partition coefficient (Wildman–Crippen LogP) is -7.05. The van der Waals surface area contributed by atoms with Crippen LogP contribution in [0.3, 0.4) is 0 Å². The van der Waals surface area contributed by atoms with Gasteiger partial charge in [0.05, 0.1) is 21.5 Å². The lowest BCUT2D eigenvalue weighted by Gasteiger charge is -2.30. The fourth-order valence-electron chi connectivity index (χ4n) is 5.35. The first kappa shape index (κ1) is 51.5. The Morgan fingerprint density at radius 1 is 0.662 bits per heavy atom. The average Bonchev–Trinajstić information content (AvgIpc) is 3.22. The highest BCUT2D eigenvalue weighted by Crippen LogP contribution is 2.39. The highest BCUT2D eigenvalue weighted by Gasteiger charge is 2.39. The third kappa shape index (κ3) is 15.1. The van der Waals surface area contributed by atoms with E-state index >= 15 is 0 Å². The van der Waals surface area contributed by atoms with Gasteiger partial charge in [-0.15, -0.1) is 0 Å². The van der Waals surface area contributed by atoms with Gasteiger partial charge in [-0.1, -0.05) is 37.3 Å². The van der Waals surface area contributed by atoms with Crippen LogP contribution in [-0.2, 0) is 28.8 Å². The molecule has 0 saturated carbocycles. The van der Waals surface area contributed by atoms with E-state index in [0.717, 1.165) is 0 Å². The zero-order chi connectivity index (χ0) is 49.3. The summed E-state index contributed by atoms with van der Waals surface area (Å²) < 4.78 is 0. The van der Waals surface area contributed by atoms with Crippen LogP contribution in [0, 0.1) is 53.2 Å². The molecule has 33 heteroatoms. The van der Waals surface area contributed by atoms with Crippen molar-refractivity contribution < 1.29 is 43.7 Å². The Balaban J connectivity index is 2.53. The van der Waals surface area contributed by atoms with Gasteiger partial charge in [0.2, 0.25) is 12.1 Å². The van der Waals surface area contributed by atoms with Crippen LogP contribution >= 0.6 is 0 Å². The first-order chi connectivity index (χ1) is 30.4. The number of hydrogen-bond donors (Lipinski definition) is 19. The summed E-state index contributed by atoms with van der Waals surface area (Å²) in [4.78, 5) is 102. The monoisotopic (exact) mass is 912 g/mol. The topological polar surface area (TPSA) is 570 Å². The minimum atomic E-state index is -2.50. The number of aliphatic hydroxyl groups excluding tert-OH is 1. The molecule has 65 heavy (non-hydrogen) atoms. The van der Waals surface area contributed by atoms with Crippen molar-refractivity contribution in [2.45, 2.75) is 50.3 Å². The molecule has 0 aliphatic heterocycles. The van der Waals surface area contributed by atoms with Crippen LogP contribution < -0.4 is 81.4 Å². The minimum absolute atomic E-state index is 0.0295. The molecular formula is C32H44N22O11. The van der Waals surface area contributed by atoms with Crippen LogP contribution in [0.5, 0.6) is 0 Å². The summed E-state index contributed by atoms with van der Waals surface area (Å²) in [5, 5.41) is 93.4. The standard InChI is InChI=1S/C32H44N22O11/c1-2-8-52(17-14(53(62)63)9-12(11-33)10-15(17)54(64)65)28(61)27(60)43-16(13-6-4-3-5-7-13)23(56)45-20(49-30(37)38)25(58)47-22(51-32(41)42)26(59)46-21(50-31(39)40)24(57)44-19(18(34)55)48-29(35)36/h3-7,9-10,16,19-22,28,61H,2,8H2,1H3,(H2,34,55)(H,43,60)(H,44,57)(H,45,56)(H,46,59)(H,47,58)(H4,35,36,48)(H4,37,38,49)(H4,39,40,50)(H4,41,42,51). The molecular weight excluding hydrogens is 868 g/mol. The van der Waals surface area contributed by atoms with E-state index in [1.807, 2.05) is 31.9 Å². The number of guanidine groups is 4. The molecule has 0 aromatic heterocycles. The van der Waals surface area contributed by atoms with Crippen LogP contribution in [-0.4, -0.2) is 112 Å². The van der Waals surface area contributed by atoms with E-state index < -0.39 is 135 Å². The number of carbonyl (C=O) groups is 6. The molecule has 33 nitrogen and oxygen atoms in total. The zero-order valence-corrected chi connectivity index (χ0v) is 33.6. The normalized spacial score (nSPS) is 13.1. The number of amides is 6. The number of benzene rings is 2. The number of nitro groups is 2. The third-order valence-electron chi connectivity index (χ3n) is 7.97. The number of carbonyl (C=O) groups excluding carboxylic acids is 6. The maximum atomic E-state index is 14.0. The Morgan fingerprint density at radius 3 is 1.40 bits per heavy atom. The van der Waals surface area contributed by atoms with Crippen molar-refractivity contribution in [2.75, 3.05) is 11.4 Å². The molecule has 0 aliphatic rings. The molecule has 0 saturated heterocycles. The Kier molecular flexibility index (Phi) is 18.6.